The Hall–Kier alpha value is -0.160. The largest absolute Gasteiger partial charge is 0.329 e. The Labute approximate surface area is 115 Å². The van der Waals surface area contributed by atoms with Crippen LogP contribution in [0.25, 0.3) is 0 Å². The first-order valence-corrected chi connectivity index (χ1v) is 7.77. The van der Waals surface area contributed by atoms with Crippen molar-refractivity contribution in [3.05, 3.63) is 32.4 Å². The van der Waals surface area contributed by atoms with Gasteiger partial charge in [-0.25, -0.2) is 0 Å². The first-order chi connectivity index (χ1) is 8.29. The molecular weight excluding hydrogens is 296 g/mol. The van der Waals surface area contributed by atoms with Crippen LogP contribution < -0.4 is 11.1 Å². The average Bonchev–Trinajstić information content (AvgIpc) is 2.96. The molecule has 0 bridgehead atoms. The number of hydrogen-bond acceptors (Lipinski definition) is 3. The van der Waals surface area contributed by atoms with E-state index in [0.717, 1.165) is 6.54 Å². The minimum Gasteiger partial charge on any atom is -0.329 e. The van der Waals surface area contributed by atoms with Crippen LogP contribution in [0.5, 0.6) is 0 Å². The maximum atomic E-state index is 5.82. The van der Waals surface area contributed by atoms with Crippen molar-refractivity contribution < 1.29 is 0 Å². The van der Waals surface area contributed by atoms with Crippen LogP contribution in [0.1, 0.15) is 36.6 Å². The monoisotopic (exact) mass is 314 g/mol. The molecule has 0 radical (unpaired) electrons. The normalized spacial score (nSPS) is 17.2. The molecule has 4 heteroatoms. The Morgan fingerprint density at radius 2 is 2.35 bits per heavy atom. The fourth-order valence-corrected chi connectivity index (χ4v) is 3.70. The molecule has 0 aromatic carbocycles. The van der Waals surface area contributed by atoms with Crippen molar-refractivity contribution in [3.8, 4) is 0 Å². The fourth-order valence-electron chi connectivity index (χ4n) is 2.19. The Balaban J connectivity index is 1.79. The summed E-state index contributed by atoms with van der Waals surface area (Å²) in [5.41, 5.74) is 7.43. The molecule has 1 atom stereocenters. The predicted octanol–water partition coefficient (Wildman–Crippen LogP) is 3.60. The minimum absolute atomic E-state index is 0.299. The number of rotatable bonds is 6. The third-order valence-electron chi connectivity index (χ3n) is 3.15. The molecule has 0 fully saturated rings. The SMILES string of the molecule is NCC(NCCC1=CCCC1)c1ccc(Br)s1. The first kappa shape index (κ1) is 13.3. The summed E-state index contributed by atoms with van der Waals surface area (Å²) in [4.78, 5) is 1.32. The molecule has 3 N–H and O–H groups in total. The molecule has 0 aliphatic heterocycles. The second-order valence-corrected chi connectivity index (χ2v) is 6.88. The smallest absolute Gasteiger partial charge is 0.0702 e. The third-order valence-corrected chi connectivity index (χ3v) is 4.88. The molecule has 1 aromatic rings. The zero-order chi connectivity index (χ0) is 12.1. The van der Waals surface area contributed by atoms with Crippen molar-refractivity contribution in [2.24, 2.45) is 5.73 Å². The number of nitrogens with one attached hydrogen (secondary N) is 1. The van der Waals surface area contributed by atoms with Crippen LogP contribution >= 0.6 is 27.3 Å². The molecule has 1 heterocycles. The highest BCUT2D eigenvalue weighted by molar-refractivity contribution is 9.11. The molecule has 1 unspecified atom stereocenters. The second-order valence-electron chi connectivity index (χ2n) is 4.39. The number of hydrogen-bond donors (Lipinski definition) is 2. The van der Waals surface area contributed by atoms with Gasteiger partial charge in [0.25, 0.3) is 0 Å². The molecule has 0 saturated heterocycles. The average molecular weight is 315 g/mol. The molecule has 0 spiro atoms. The predicted molar refractivity (Wildman–Crippen MR) is 78.4 cm³/mol. The molecule has 2 nitrogen and oxygen atoms in total. The van der Waals surface area contributed by atoms with Crippen molar-refractivity contribution in [1.29, 1.82) is 0 Å². The second kappa shape index (κ2) is 6.69. The van der Waals surface area contributed by atoms with Crippen LogP contribution in [0.15, 0.2) is 27.6 Å². The molecule has 17 heavy (non-hydrogen) atoms. The lowest BCUT2D eigenvalue weighted by atomic mass is 10.1. The van der Waals surface area contributed by atoms with Crippen molar-refractivity contribution >= 4 is 27.3 Å². The van der Waals surface area contributed by atoms with Gasteiger partial charge in [0.15, 0.2) is 0 Å². The maximum absolute atomic E-state index is 5.82. The van der Waals surface area contributed by atoms with E-state index in [1.165, 1.54) is 34.3 Å². The molecule has 2 rings (SSSR count). The summed E-state index contributed by atoms with van der Waals surface area (Å²) in [7, 11) is 0. The Morgan fingerprint density at radius 1 is 1.47 bits per heavy atom. The zero-order valence-electron chi connectivity index (χ0n) is 9.92. The summed E-state index contributed by atoms with van der Waals surface area (Å²) in [6.07, 6.45) is 7.46. The summed E-state index contributed by atoms with van der Waals surface area (Å²) >= 11 is 5.26. The highest BCUT2D eigenvalue weighted by atomic mass is 79.9. The highest BCUT2D eigenvalue weighted by Gasteiger charge is 2.11. The van der Waals surface area contributed by atoms with E-state index in [4.69, 9.17) is 5.73 Å². The zero-order valence-corrected chi connectivity index (χ0v) is 12.3. The lowest BCUT2D eigenvalue weighted by Gasteiger charge is -2.15. The number of thiophene rings is 1. The Kier molecular flexibility index (Phi) is 5.22. The lowest BCUT2D eigenvalue weighted by Crippen LogP contribution is -2.28. The van der Waals surface area contributed by atoms with Crippen LogP contribution in [-0.4, -0.2) is 13.1 Å². The van der Waals surface area contributed by atoms with Gasteiger partial charge in [-0.1, -0.05) is 11.6 Å². The van der Waals surface area contributed by atoms with Gasteiger partial charge in [-0.05, 0) is 60.3 Å². The lowest BCUT2D eigenvalue weighted by molar-refractivity contribution is 0.549. The van der Waals surface area contributed by atoms with Gasteiger partial charge in [-0.15, -0.1) is 11.3 Å². The van der Waals surface area contributed by atoms with Crippen molar-refractivity contribution in [1.82, 2.24) is 5.32 Å². The van der Waals surface area contributed by atoms with Crippen LogP contribution in [-0.2, 0) is 0 Å². The van der Waals surface area contributed by atoms with E-state index in [-0.39, 0.29) is 0 Å². The minimum atomic E-state index is 0.299. The first-order valence-electron chi connectivity index (χ1n) is 6.16. The van der Waals surface area contributed by atoms with Gasteiger partial charge >= 0.3 is 0 Å². The summed E-state index contributed by atoms with van der Waals surface area (Å²) in [6, 6.07) is 4.53. The van der Waals surface area contributed by atoms with Crippen molar-refractivity contribution in [2.45, 2.75) is 31.7 Å². The van der Waals surface area contributed by atoms with Gasteiger partial charge < -0.3 is 11.1 Å². The third kappa shape index (κ3) is 3.91. The summed E-state index contributed by atoms with van der Waals surface area (Å²) in [6.45, 7) is 1.69. The van der Waals surface area contributed by atoms with Gasteiger partial charge in [-0.3, -0.25) is 0 Å². The summed E-state index contributed by atoms with van der Waals surface area (Å²) < 4.78 is 1.17. The molecule has 1 aliphatic carbocycles. The van der Waals surface area contributed by atoms with E-state index >= 15 is 0 Å². The molecule has 1 aromatic heterocycles. The Morgan fingerprint density at radius 3 is 2.94 bits per heavy atom. The van der Waals surface area contributed by atoms with Gasteiger partial charge in [0.05, 0.1) is 9.83 Å². The topological polar surface area (TPSA) is 38.0 Å². The van der Waals surface area contributed by atoms with E-state index in [9.17, 15) is 0 Å². The van der Waals surface area contributed by atoms with Crippen LogP contribution in [0.3, 0.4) is 0 Å². The van der Waals surface area contributed by atoms with E-state index in [1.807, 2.05) is 0 Å². The maximum Gasteiger partial charge on any atom is 0.0702 e. The highest BCUT2D eigenvalue weighted by Crippen LogP contribution is 2.27. The van der Waals surface area contributed by atoms with E-state index < -0.39 is 0 Å². The van der Waals surface area contributed by atoms with E-state index in [0.29, 0.717) is 12.6 Å². The standard InChI is InChI=1S/C13H19BrN2S/c14-13-6-5-12(17-13)11(9-15)16-8-7-10-3-1-2-4-10/h3,5-6,11,16H,1-2,4,7-9,15H2. The van der Waals surface area contributed by atoms with Crippen LogP contribution in [0.4, 0.5) is 0 Å². The molecule has 0 saturated carbocycles. The number of nitrogens with two attached hydrogens (primary N) is 1. The fraction of sp³-hybridized carbons (Fsp3) is 0.538. The summed E-state index contributed by atoms with van der Waals surface area (Å²) in [5, 5.41) is 3.55. The van der Waals surface area contributed by atoms with Crippen molar-refractivity contribution in [2.75, 3.05) is 13.1 Å². The van der Waals surface area contributed by atoms with Crippen molar-refractivity contribution in [3.63, 3.8) is 0 Å². The van der Waals surface area contributed by atoms with Crippen LogP contribution in [0.2, 0.25) is 0 Å². The van der Waals surface area contributed by atoms with E-state index in [2.05, 4.69) is 39.5 Å². The summed E-state index contributed by atoms with van der Waals surface area (Å²) in [5.74, 6) is 0. The Bertz CT molecular complexity index is 387. The van der Waals surface area contributed by atoms with Gasteiger partial charge in [0.1, 0.15) is 0 Å². The van der Waals surface area contributed by atoms with E-state index in [1.54, 1.807) is 16.9 Å². The van der Waals surface area contributed by atoms with Gasteiger partial charge in [0, 0.05) is 11.4 Å². The van der Waals surface area contributed by atoms with Gasteiger partial charge in [-0.2, -0.15) is 0 Å². The molecule has 1 aliphatic rings. The molecule has 0 amide bonds. The van der Waals surface area contributed by atoms with Crippen LogP contribution in [0, 0.1) is 0 Å². The molecular formula is C13H19BrN2S. The molecule has 94 valence electrons. The number of halogens is 1. The number of allylic oxidation sites excluding steroid dienone is 1. The van der Waals surface area contributed by atoms with Gasteiger partial charge in [0.2, 0.25) is 0 Å². The quantitative estimate of drug-likeness (QED) is 0.787.